The number of ether oxygens (including phenoxy) is 3. The topological polar surface area (TPSA) is 124 Å². The monoisotopic (exact) mass is 272 g/mol. The van der Waals surface area contributed by atoms with Crippen molar-refractivity contribution in [2.45, 2.75) is 12.2 Å². The van der Waals surface area contributed by atoms with Crippen molar-refractivity contribution in [3.63, 3.8) is 0 Å². The Morgan fingerprint density at radius 1 is 1.47 bits per heavy atom. The van der Waals surface area contributed by atoms with Gasteiger partial charge in [0.1, 0.15) is 0 Å². The van der Waals surface area contributed by atoms with Crippen molar-refractivity contribution in [1.82, 2.24) is 4.98 Å². The molecule has 19 heavy (non-hydrogen) atoms. The van der Waals surface area contributed by atoms with E-state index < -0.39 is 24.9 Å². The van der Waals surface area contributed by atoms with Gasteiger partial charge in [-0.25, -0.2) is 4.79 Å². The molecule has 1 heterocycles. The van der Waals surface area contributed by atoms with Crippen LogP contribution in [0.4, 0.5) is 4.79 Å². The van der Waals surface area contributed by atoms with Gasteiger partial charge in [0.2, 0.25) is 6.29 Å². The summed E-state index contributed by atoms with van der Waals surface area (Å²) < 4.78 is 14.6. The number of aromatic nitrogens is 1. The van der Waals surface area contributed by atoms with Crippen molar-refractivity contribution in [3.05, 3.63) is 18.0 Å². The number of hydrogen-bond acceptors (Lipinski definition) is 7. The molecular formula is C11H16N2O6. The largest absolute Gasteiger partial charge is 0.493 e. The molecule has 0 saturated heterocycles. The predicted molar refractivity (Wildman–Crippen MR) is 63.8 cm³/mol. The molecule has 1 aromatic heterocycles. The molecule has 4 N–H and O–H groups in total. The number of nitrogens with two attached hydrogens (primary N) is 1. The van der Waals surface area contributed by atoms with E-state index >= 15 is 0 Å². The third-order valence-corrected chi connectivity index (χ3v) is 2.45. The molecule has 0 fully saturated rings. The molecule has 106 valence electrons. The number of nitrogens with zero attached hydrogens (tertiary/aromatic N) is 1. The first-order chi connectivity index (χ1) is 9.04. The Morgan fingerprint density at radius 3 is 2.63 bits per heavy atom. The lowest BCUT2D eigenvalue weighted by molar-refractivity contribution is -0.0772. The molecule has 1 amide bonds. The molecule has 1 aromatic rings. The summed E-state index contributed by atoms with van der Waals surface area (Å²) in [7, 11) is 2.82. The average Bonchev–Trinajstić information content (AvgIpc) is 2.38. The Kier molecular flexibility index (Phi) is 5.34. The number of primary amides is 1. The van der Waals surface area contributed by atoms with Gasteiger partial charge in [-0.3, -0.25) is 4.98 Å². The van der Waals surface area contributed by atoms with Crippen molar-refractivity contribution in [1.29, 1.82) is 0 Å². The fraction of sp³-hybridized carbons (Fsp3) is 0.455. The molecule has 0 aliphatic rings. The molecule has 0 radical (unpaired) electrons. The highest BCUT2D eigenvalue weighted by molar-refractivity contribution is 5.64. The summed E-state index contributed by atoms with van der Waals surface area (Å²) in [5, 5.41) is 19.0. The smallest absolute Gasteiger partial charge is 0.406 e. The van der Waals surface area contributed by atoms with Gasteiger partial charge in [0, 0.05) is 12.3 Å². The van der Waals surface area contributed by atoms with Crippen LogP contribution >= 0.6 is 0 Å². The standard InChI is InChI=1S/C11H16N2O6/c1-17-7-3-4-13-8(9(7)18-2)6(5-14)10(15)19-11(12)16/h3-4,6,10,14-15H,5H2,1-2H3,(H2,12,16)/t6-,10+/m1/s1. The summed E-state index contributed by atoms with van der Waals surface area (Å²) in [6, 6.07) is 1.55. The Hall–Kier alpha value is -2.06. The summed E-state index contributed by atoms with van der Waals surface area (Å²) in [4.78, 5) is 14.6. The highest BCUT2D eigenvalue weighted by Crippen LogP contribution is 2.35. The van der Waals surface area contributed by atoms with Gasteiger partial charge < -0.3 is 30.2 Å². The first kappa shape index (κ1) is 15.0. The lowest BCUT2D eigenvalue weighted by atomic mass is 10.0. The van der Waals surface area contributed by atoms with Crippen molar-refractivity contribution in [3.8, 4) is 11.5 Å². The van der Waals surface area contributed by atoms with Crippen LogP contribution in [0.25, 0.3) is 0 Å². The quantitative estimate of drug-likeness (QED) is 0.601. The van der Waals surface area contributed by atoms with Crippen LogP contribution in [0.5, 0.6) is 11.5 Å². The number of aliphatic hydroxyl groups is 2. The third kappa shape index (κ3) is 3.46. The first-order valence-electron chi connectivity index (χ1n) is 5.37. The van der Waals surface area contributed by atoms with Gasteiger partial charge >= 0.3 is 6.09 Å². The lowest BCUT2D eigenvalue weighted by Gasteiger charge is -2.22. The Balaban J connectivity index is 3.13. The van der Waals surface area contributed by atoms with Crippen LogP contribution in [0.3, 0.4) is 0 Å². The lowest BCUT2D eigenvalue weighted by Crippen LogP contribution is -2.30. The second-order valence-corrected chi connectivity index (χ2v) is 3.55. The van der Waals surface area contributed by atoms with Crippen LogP contribution < -0.4 is 15.2 Å². The average molecular weight is 272 g/mol. The zero-order valence-corrected chi connectivity index (χ0v) is 10.6. The summed E-state index contributed by atoms with van der Waals surface area (Å²) in [5.74, 6) is -0.397. The normalized spacial score (nSPS) is 13.5. The van der Waals surface area contributed by atoms with Crippen LogP contribution in [0.1, 0.15) is 11.6 Å². The zero-order chi connectivity index (χ0) is 14.4. The molecule has 0 unspecified atom stereocenters. The Labute approximate surface area is 109 Å². The predicted octanol–water partition coefficient (Wildman–Crippen LogP) is -0.412. The highest BCUT2D eigenvalue weighted by Gasteiger charge is 2.29. The molecular weight excluding hydrogens is 256 g/mol. The number of methoxy groups -OCH3 is 2. The molecule has 8 nitrogen and oxygen atoms in total. The van der Waals surface area contributed by atoms with Crippen LogP contribution in [-0.2, 0) is 4.74 Å². The summed E-state index contributed by atoms with van der Waals surface area (Å²) in [5.41, 5.74) is 5.00. The van der Waals surface area contributed by atoms with Crippen molar-refractivity contribution in [2.75, 3.05) is 20.8 Å². The molecule has 0 aromatic carbocycles. The van der Waals surface area contributed by atoms with Gasteiger partial charge in [0.05, 0.1) is 32.4 Å². The maximum absolute atomic E-state index is 10.6. The third-order valence-electron chi connectivity index (χ3n) is 2.45. The number of carbonyl (C=O) groups is 1. The molecule has 1 rings (SSSR count). The second-order valence-electron chi connectivity index (χ2n) is 3.55. The molecule has 2 atom stereocenters. The molecule has 0 aliphatic heterocycles. The highest BCUT2D eigenvalue weighted by atomic mass is 16.6. The van der Waals surface area contributed by atoms with Gasteiger partial charge in [-0.05, 0) is 0 Å². The van der Waals surface area contributed by atoms with Gasteiger partial charge in [0.15, 0.2) is 11.5 Å². The van der Waals surface area contributed by atoms with E-state index in [0.29, 0.717) is 5.75 Å². The van der Waals surface area contributed by atoms with E-state index in [0.717, 1.165) is 0 Å². The summed E-state index contributed by atoms with van der Waals surface area (Å²) in [6.45, 7) is -0.523. The van der Waals surface area contributed by atoms with Crippen molar-refractivity contribution in [2.24, 2.45) is 5.73 Å². The molecule has 0 bridgehead atoms. The number of hydrogen-bond donors (Lipinski definition) is 3. The number of amides is 1. The zero-order valence-electron chi connectivity index (χ0n) is 10.6. The molecule has 0 saturated carbocycles. The summed E-state index contributed by atoms with van der Waals surface area (Å²) in [6.07, 6.45) is -1.39. The maximum atomic E-state index is 10.6. The number of rotatable bonds is 6. The van der Waals surface area contributed by atoms with Gasteiger partial charge in [-0.15, -0.1) is 0 Å². The fourth-order valence-corrected chi connectivity index (χ4v) is 1.59. The van der Waals surface area contributed by atoms with E-state index in [1.807, 2.05) is 0 Å². The van der Waals surface area contributed by atoms with Crippen LogP contribution in [-0.4, -0.2) is 48.4 Å². The number of pyridine rings is 1. The van der Waals surface area contributed by atoms with Crippen LogP contribution in [0, 0.1) is 0 Å². The van der Waals surface area contributed by atoms with E-state index in [1.165, 1.54) is 20.4 Å². The number of carbonyl (C=O) groups excluding carboxylic acids is 1. The van der Waals surface area contributed by atoms with Gasteiger partial charge in [0.25, 0.3) is 0 Å². The van der Waals surface area contributed by atoms with E-state index in [-0.39, 0.29) is 11.4 Å². The molecule has 0 spiro atoms. The first-order valence-corrected chi connectivity index (χ1v) is 5.37. The van der Waals surface area contributed by atoms with Crippen molar-refractivity contribution >= 4 is 6.09 Å². The van der Waals surface area contributed by atoms with E-state index in [2.05, 4.69) is 9.72 Å². The minimum atomic E-state index is -1.64. The van der Waals surface area contributed by atoms with Crippen LogP contribution in [0.2, 0.25) is 0 Å². The molecule has 0 aliphatic carbocycles. The second kappa shape index (κ2) is 6.76. The minimum Gasteiger partial charge on any atom is -0.493 e. The van der Waals surface area contributed by atoms with E-state index in [1.54, 1.807) is 6.07 Å². The Morgan fingerprint density at radius 2 is 2.16 bits per heavy atom. The minimum absolute atomic E-state index is 0.193. The fourth-order valence-electron chi connectivity index (χ4n) is 1.59. The SMILES string of the molecule is COc1ccnc([C@@H](CO)[C@@H](O)OC(N)=O)c1OC. The Bertz CT molecular complexity index is 439. The maximum Gasteiger partial charge on any atom is 0.406 e. The van der Waals surface area contributed by atoms with Crippen molar-refractivity contribution < 1.29 is 29.2 Å². The number of aliphatic hydroxyl groups excluding tert-OH is 2. The summed E-state index contributed by atoms with van der Waals surface area (Å²) >= 11 is 0. The van der Waals surface area contributed by atoms with E-state index in [9.17, 15) is 15.0 Å². The van der Waals surface area contributed by atoms with E-state index in [4.69, 9.17) is 15.2 Å². The van der Waals surface area contributed by atoms with Gasteiger partial charge in [-0.2, -0.15) is 0 Å². The van der Waals surface area contributed by atoms with Gasteiger partial charge in [-0.1, -0.05) is 0 Å². The van der Waals surface area contributed by atoms with Crippen LogP contribution in [0.15, 0.2) is 12.3 Å². The molecule has 8 heteroatoms.